The number of methoxy groups -OCH3 is 3. The van der Waals surface area contributed by atoms with E-state index in [4.69, 9.17) is 14.2 Å². The molecule has 0 radical (unpaired) electrons. The number of rotatable bonds is 10. The molecule has 0 fully saturated rings. The van der Waals surface area contributed by atoms with Crippen LogP contribution in [0, 0.1) is 0 Å². The third-order valence-electron chi connectivity index (χ3n) is 4.47. The molecular weight excluding hydrogens is 481 g/mol. The van der Waals surface area contributed by atoms with Gasteiger partial charge in [0.15, 0.2) is 17.5 Å². The molecule has 0 saturated heterocycles. The first-order valence-electron chi connectivity index (χ1n) is 9.49. The summed E-state index contributed by atoms with van der Waals surface area (Å²) in [5.41, 5.74) is 2.40. The van der Waals surface area contributed by atoms with E-state index >= 15 is 0 Å². The molecule has 0 aromatic heterocycles. The van der Waals surface area contributed by atoms with Gasteiger partial charge in [-0.15, -0.1) is 24.0 Å². The minimum Gasteiger partial charge on any atom is -0.493 e. The molecule has 6 nitrogen and oxygen atoms in total. The molecule has 2 N–H and O–H groups in total. The quantitative estimate of drug-likeness (QED) is 0.220. The average Bonchev–Trinajstić information content (AvgIpc) is 2.75. The predicted molar refractivity (Wildman–Crippen MR) is 129 cm³/mol. The Morgan fingerprint density at radius 1 is 0.828 bits per heavy atom. The second kappa shape index (κ2) is 13.9. The molecule has 0 bridgehead atoms. The largest absolute Gasteiger partial charge is 0.493 e. The van der Waals surface area contributed by atoms with Crippen LogP contribution in [0.4, 0.5) is 0 Å². The first-order chi connectivity index (χ1) is 13.7. The zero-order chi connectivity index (χ0) is 20.2. The number of nitrogens with zero attached hydrogens (tertiary/aromatic N) is 1. The summed E-state index contributed by atoms with van der Waals surface area (Å²) in [6.45, 7) is 1.60. The molecule has 2 rings (SSSR count). The number of aliphatic imine (C=N–C) groups is 1. The lowest BCUT2D eigenvalue weighted by Gasteiger charge is -2.16. The van der Waals surface area contributed by atoms with Crippen LogP contribution >= 0.6 is 24.0 Å². The van der Waals surface area contributed by atoms with Crippen LogP contribution in [0.5, 0.6) is 17.2 Å². The fourth-order valence-electron chi connectivity index (χ4n) is 3.04. The number of nitrogens with one attached hydrogen (secondary N) is 2. The number of guanidine groups is 1. The molecule has 2 aromatic carbocycles. The Morgan fingerprint density at radius 3 is 2.14 bits per heavy atom. The van der Waals surface area contributed by atoms with Gasteiger partial charge in [0.05, 0.1) is 21.3 Å². The maximum absolute atomic E-state index is 5.54. The lowest BCUT2D eigenvalue weighted by Crippen LogP contribution is -2.38. The van der Waals surface area contributed by atoms with E-state index in [2.05, 4.69) is 39.9 Å². The molecular formula is C22H32IN3O3. The fourth-order valence-corrected chi connectivity index (χ4v) is 3.04. The van der Waals surface area contributed by atoms with Crippen LogP contribution in [0.3, 0.4) is 0 Å². The van der Waals surface area contributed by atoms with Gasteiger partial charge in [-0.25, -0.2) is 0 Å². The Hall–Kier alpha value is -2.16. The molecule has 0 unspecified atom stereocenters. The zero-order valence-corrected chi connectivity index (χ0v) is 20.0. The predicted octanol–water partition coefficient (Wildman–Crippen LogP) is 3.67. The van der Waals surface area contributed by atoms with E-state index in [-0.39, 0.29) is 24.0 Å². The van der Waals surface area contributed by atoms with Crippen LogP contribution in [0.2, 0.25) is 0 Å². The number of ether oxygens (including phenoxy) is 3. The molecule has 0 atom stereocenters. The first kappa shape index (κ1) is 24.9. The summed E-state index contributed by atoms with van der Waals surface area (Å²) in [6, 6.07) is 14.4. The van der Waals surface area contributed by atoms with Crippen LogP contribution in [0.15, 0.2) is 47.5 Å². The van der Waals surface area contributed by atoms with Gasteiger partial charge in [0.25, 0.3) is 0 Å². The van der Waals surface area contributed by atoms with Crippen molar-refractivity contribution in [2.24, 2.45) is 4.99 Å². The average molecular weight is 513 g/mol. The monoisotopic (exact) mass is 513 g/mol. The lowest BCUT2D eigenvalue weighted by molar-refractivity contribution is 0.322. The summed E-state index contributed by atoms with van der Waals surface area (Å²) in [4.78, 5) is 4.29. The van der Waals surface area contributed by atoms with Crippen molar-refractivity contribution in [3.05, 3.63) is 53.6 Å². The van der Waals surface area contributed by atoms with E-state index < -0.39 is 0 Å². The molecule has 29 heavy (non-hydrogen) atoms. The van der Waals surface area contributed by atoms with Gasteiger partial charge in [-0.3, -0.25) is 4.99 Å². The lowest BCUT2D eigenvalue weighted by atomic mass is 10.1. The molecule has 2 aromatic rings. The second-order valence-electron chi connectivity index (χ2n) is 6.26. The number of halogens is 1. The second-order valence-corrected chi connectivity index (χ2v) is 6.26. The van der Waals surface area contributed by atoms with Crippen LogP contribution < -0.4 is 24.8 Å². The highest BCUT2D eigenvalue weighted by molar-refractivity contribution is 14.0. The molecule has 0 saturated carbocycles. The Kier molecular flexibility index (Phi) is 11.9. The van der Waals surface area contributed by atoms with Gasteiger partial charge in [0.1, 0.15) is 0 Å². The van der Waals surface area contributed by atoms with Gasteiger partial charge in [0.2, 0.25) is 5.75 Å². The van der Waals surface area contributed by atoms with Gasteiger partial charge >= 0.3 is 0 Å². The van der Waals surface area contributed by atoms with E-state index in [1.807, 2.05) is 18.2 Å². The summed E-state index contributed by atoms with van der Waals surface area (Å²) >= 11 is 0. The van der Waals surface area contributed by atoms with Crippen molar-refractivity contribution in [2.75, 3.05) is 41.5 Å². The Bertz CT molecular complexity index is 754. The molecule has 0 heterocycles. The molecule has 160 valence electrons. The van der Waals surface area contributed by atoms with Crippen molar-refractivity contribution in [1.82, 2.24) is 10.6 Å². The Labute approximate surface area is 191 Å². The SMILES string of the molecule is CN=C(NCCCc1ccccc1)NCCc1ccc(OC)c(OC)c1OC.I. The standard InChI is InChI=1S/C22H31N3O3.HI/c1-23-22(24-15-8-11-17-9-6-5-7-10-17)25-16-14-18-12-13-19(26-2)21(28-4)20(18)27-3;/h5-7,9-10,12-13H,8,11,14-16H2,1-4H3,(H2,23,24,25);1H. The Balaban J connectivity index is 0.00000420. The van der Waals surface area contributed by atoms with Crippen LogP contribution in [0.25, 0.3) is 0 Å². The van der Waals surface area contributed by atoms with Crippen LogP contribution in [-0.2, 0) is 12.8 Å². The summed E-state index contributed by atoms with van der Waals surface area (Å²) in [5, 5.41) is 6.70. The van der Waals surface area contributed by atoms with Crippen molar-refractivity contribution in [1.29, 1.82) is 0 Å². The zero-order valence-electron chi connectivity index (χ0n) is 17.7. The van der Waals surface area contributed by atoms with Crippen molar-refractivity contribution >= 4 is 29.9 Å². The molecule has 0 amide bonds. The van der Waals surface area contributed by atoms with Gasteiger partial charge in [-0.05, 0) is 30.9 Å². The molecule has 0 spiro atoms. The fraction of sp³-hybridized carbons (Fsp3) is 0.409. The van der Waals surface area contributed by atoms with Gasteiger partial charge in [-0.2, -0.15) is 0 Å². The van der Waals surface area contributed by atoms with Crippen LogP contribution in [0.1, 0.15) is 17.5 Å². The van der Waals surface area contributed by atoms with Crippen LogP contribution in [-0.4, -0.2) is 47.4 Å². The van der Waals surface area contributed by atoms with Crippen molar-refractivity contribution in [3.8, 4) is 17.2 Å². The molecule has 7 heteroatoms. The molecule has 0 aliphatic heterocycles. The van der Waals surface area contributed by atoms with Gasteiger partial charge in [0, 0.05) is 25.7 Å². The summed E-state index contributed by atoms with van der Waals surface area (Å²) in [6.07, 6.45) is 2.87. The van der Waals surface area contributed by atoms with Crippen molar-refractivity contribution < 1.29 is 14.2 Å². The molecule has 0 aliphatic rings. The van der Waals surface area contributed by atoms with E-state index in [9.17, 15) is 0 Å². The summed E-state index contributed by atoms with van der Waals surface area (Å²) in [7, 11) is 6.65. The maximum atomic E-state index is 5.54. The van der Waals surface area contributed by atoms with Gasteiger partial charge < -0.3 is 24.8 Å². The highest BCUT2D eigenvalue weighted by Gasteiger charge is 2.15. The normalized spacial score (nSPS) is 10.7. The van der Waals surface area contributed by atoms with Crippen molar-refractivity contribution in [3.63, 3.8) is 0 Å². The van der Waals surface area contributed by atoms with E-state index in [1.165, 1.54) is 5.56 Å². The minimum atomic E-state index is 0. The summed E-state index contributed by atoms with van der Waals surface area (Å²) < 4.78 is 16.3. The van der Waals surface area contributed by atoms with E-state index in [0.717, 1.165) is 43.9 Å². The Morgan fingerprint density at radius 2 is 1.52 bits per heavy atom. The number of benzene rings is 2. The van der Waals surface area contributed by atoms with Gasteiger partial charge in [-0.1, -0.05) is 36.4 Å². The van der Waals surface area contributed by atoms with E-state index in [1.54, 1.807) is 28.4 Å². The summed E-state index contributed by atoms with van der Waals surface area (Å²) in [5.74, 6) is 2.78. The number of aryl methyl sites for hydroxylation is 1. The first-order valence-corrected chi connectivity index (χ1v) is 9.49. The minimum absolute atomic E-state index is 0. The maximum Gasteiger partial charge on any atom is 0.203 e. The third kappa shape index (κ3) is 7.64. The highest BCUT2D eigenvalue weighted by Crippen LogP contribution is 2.39. The van der Waals surface area contributed by atoms with E-state index in [0.29, 0.717) is 17.2 Å². The number of hydrogen-bond acceptors (Lipinski definition) is 4. The highest BCUT2D eigenvalue weighted by atomic mass is 127. The molecule has 0 aliphatic carbocycles. The topological polar surface area (TPSA) is 64.1 Å². The van der Waals surface area contributed by atoms with Crippen molar-refractivity contribution in [2.45, 2.75) is 19.3 Å². The smallest absolute Gasteiger partial charge is 0.203 e. The third-order valence-corrected chi connectivity index (χ3v) is 4.47. The number of hydrogen-bond donors (Lipinski definition) is 2.